The van der Waals surface area contributed by atoms with Crippen molar-refractivity contribution in [2.24, 2.45) is 0 Å². The molecule has 4 rings (SSSR count). The first-order valence-corrected chi connectivity index (χ1v) is 11.9. The lowest BCUT2D eigenvalue weighted by Gasteiger charge is -2.28. The van der Waals surface area contributed by atoms with Crippen molar-refractivity contribution in [3.63, 3.8) is 0 Å². The van der Waals surface area contributed by atoms with Crippen molar-refractivity contribution in [1.82, 2.24) is 0 Å². The van der Waals surface area contributed by atoms with E-state index in [9.17, 15) is 14.4 Å². The maximum absolute atomic E-state index is 12.9. The summed E-state index contributed by atoms with van der Waals surface area (Å²) < 4.78 is 5.51. The van der Waals surface area contributed by atoms with Crippen molar-refractivity contribution in [3.05, 3.63) is 94.0 Å². The molecule has 9 heteroatoms. The molecule has 7 nitrogen and oxygen atoms in total. The van der Waals surface area contributed by atoms with Crippen LogP contribution in [0.15, 0.2) is 72.8 Å². The molecule has 3 aromatic rings. The minimum absolute atomic E-state index is 0.134. The number of halogens is 2. The largest absolute Gasteiger partial charge is 0.459 e. The van der Waals surface area contributed by atoms with Crippen LogP contribution in [0.3, 0.4) is 0 Å². The lowest BCUT2D eigenvalue weighted by atomic mass is 9.91. The van der Waals surface area contributed by atoms with Gasteiger partial charge in [-0.2, -0.15) is 0 Å². The SMILES string of the molecule is CC(=O)Nc1ccc(NC(=O)C=C2CC(C(=O)OCc3ccccc3)Nc3cc(Cl)cc(Cl)c32)cc1. The van der Waals surface area contributed by atoms with E-state index in [1.54, 1.807) is 36.4 Å². The van der Waals surface area contributed by atoms with Crippen LogP contribution in [0.25, 0.3) is 5.57 Å². The van der Waals surface area contributed by atoms with Crippen molar-refractivity contribution in [2.75, 3.05) is 16.0 Å². The normalized spacial score (nSPS) is 15.4. The van der Waals surface area contributed by atoms with Crippen LogP contribution in [-0.4, -0.2) is 23.8 Å². The summed E-state index contributed by atoms with van der Waals surface area (Å²) >= 11 is 12.7. The third-order valence-electron chi connectivity index (χ3n) is 5.42. The Labute approximate surface area is 218 Å². The number of esters is 1. The molecular formula is C27H23Cl2N3O4. The van der Waals surface area contributed by atoms with Gasteiger partial charge in [0.2, 0.25) is 11.8 Å². The molecule has 0 aliphatic carbocycles. The van der Waals surface area contributed by atoms with Crippen LogP contribution in [0.2, 0.25) is 10.0 Å². The molecule has 0 spiro atoms. The molecule has 0 saturated heterocycles. The fourth-order valence-corrected chi connectivity index (χ4v) is 4.47. The number of anilines is 3. The van der Waals surface area contributed by atoms with Crippen molar-refractivity contribution in [2.45, 2.75) is 26.0 Å². The molecule has 1 atom stereocenters. The van der Waals surface area contributed by atoms with Gasteiger partial charge in [0, 0.05) is 47.1 Å². The van der Waals surface area contributed by atoms with Crippen LogP contribution in [0.5, 0.6) is 0 Å². The van der Waals surface area contributed by atoms with Crippen LogP contribution in [0, 0.1) is 0 Å². The van der Waals surface area contributed by atoms with Gasteiger partial charge in [-0.15, -0.1) is 0 Å². The molecule has 0 radical (unpaired) electrons. The first kappa shape index (κ1) is 25.3. The van der Waals surface area contributed by atoms with E-state index in [0.717, 1.165) is 5.56 Å². The average molecular weight is 524 g/mol. The molecule has 1 aliphatic rings. The van der Waals surface area contributed by atoms with Gasteiger partial charge in [0.15, 0.2) is 0 Å². The number of rotatable bonds is 6. The van der Waals surface area contributed by atoms with Crippen LogP contribution >= 0.6 is 23.2 Å². The molecule has 0 aromatic heterocycles. The summed E-state index contributed by atoms with van der Waals surface area (Å²) in [6, 6.07) is 18.6. The maximum atomic E-state index is 12.9. The van der Waals surface area contributed by atoms with E-state index in [4.69, 9.17) is 27.9 Å². The summed E-state index contributed by atoms with van der Waals surface area (Å²) in [5, 5.41) is 9.35. The number of fused-ring (bicyclic) bond motifs is 1. The summed E-state index contributed by atoms with van der Waals surface area (Å²) in [5.41, 5.74) is 3.74. The van der Waals surface area contributed by atoms with E-state index in [1.165, 1.54) is 13.0 Å². The highest BCUT2D eigenvalue weighted by molar-refractivity contribution is 6.36. The lowest BCUT2D eigenvalue weighted by Crippen LogP contribution is -2.35. The van der Waals surface area contributed by atoms with E-state index in [2.05, 4.69) is 16.0 Å². The van der Waals surface area contributed by atoms with Crippen LogP contribution in [-0.2, 0) is 25.7 Å². The van der Waals surface area contributed by atoms with E-state index in [0.29, 0.717) is 38.2 Å². The van der Waals surface area contributed by atoms with Gasteiger partial charge in [-0.1, -0.05) is 53.5 Å². The molecule has 0 fully saturated rings. The van der Waals surface area contributed by atoms with Crippen molar-refractivity contribution < 1.29 is 19.1 Å². The standard InChI is InChI=1S/C27H23Cl2N3O4/c1-16(33)30-20-7-9-21(10-8-20)31-25(34)12-18-11-24(27(35)36-15-17-5-3-2-4-6-17)32-23-14-19(28)13-22(29)26(18)23/h2-10,12-14,24,32H,11,15H2,1H3,(H,30,33)(H,31,34). The molecule has 1 heterocycles. The predicted molar refractivity (Wildman–Crippen MR) is 142 cm³/mol. The smallest absolute Gasteiger partial charge is 0.329 e. The van der Waals surface area contributed by atoms with E-state index in [1.807, 2.05) is 30.3 Å². The van der Waals surface area contributed by atoms with E-state index >= 15 is 0 Å². The number of ether oxygens (including phenoxy) is 1. The summed E-state index contributed by atoms with van der Waals surface area (Å²) in [7, 11) is 0. The third-order valence-corrected chi connectivity index (χ3v) is 5.93. The third kappa shape index (κ3) is 6.44. The molecule has 3 aromatic carbocycles. The molecule has 2 amide bonds. The second-order valence-electron chi connectivity index (χ2n) is 8.22. The molecule has 3 N–H and O–H groups in total. The summed E-state index contributed by atoms with van der Waals surface area (Å²) in [6.45, 7) is 1.55. The molecule has 184 valence electrons. The Balaban J connectivity index is 1.53. The number of amides is 2. The first-order valence-electron chi connectivity index (χ1n) is 11.1. The Kier molecular flexibility index (Phi) is 7.93. The highest BCUT2D eigenvalue weighted by atomic mass is 35.5. The Hall–Kier alpha value is -3.81. The number of carbonyl (C=O) groups is 3. The molecule has 36 heavy (non-hydrogen) atoms. The van der Waals surface area contributed by atoms with E-state index in [-0.39, 0.29) is 18.9 Å². The summed E-state index contributed by atoms with van der Waals surface area (Å²) in [5.74, 6) is -1.04. The van der Waals surface area contributed by atoms with Gasteiger partial charge in [-0.05, 0) is 47.5 Å². The number of nitrogens with one attached hydrogen (secondary N) is 3. The topological polar surface area (TPSA) is 96.5 Å². The molecule has 1 unspecified atom stereocenters. The Morgan fingerprint density at radius 1 is 1.00 bits per heavy atom. The lowest BCUT2D eigenvalue weighted by molar-refractivity contribution is -0.145. The number of hydrogen-bond acceptors (Lipinski definition) is 5. The number of hydrogen-bond donors (Lipinski definition) is 3. The highest BCUT2D eigenvalue weighted by Crippen LogP contribution is 2.40. The minimum atomic E-state index is -0.730. The van der Waals surface area contributed by atoms with Crippen molar-refractivity contribution in [3.8, 4) is 0 Å². The molecular weight excluding hydrogens is 501 g/mol. The zero-order valence-corrected chi connectivity index (χ0v) is 20.8. The first-order chi connectivity index (χ1) is 17.3. The maximum Gasteiger partial charge on any atom is 0.329 e. The quantitative estimate of drug-likeness (QED) is 0.276. The minimum Gasteiger partial charge on any atom is -0.459 e. The van der Waals surface area contributed by atoms with Gasteiger partial charge in [-0.25, -0.2) is 4.79 Å². The number of benzene rings is 3. The van der Waals surface area contributed by atoms with Crippen LogP contribution in [0.4, 0.5) is 17.1 Å². The fraction of sp³-hybridized carbons (Fsp3) is 0.148. The Morgan fingerprint density at radius 2 is 1.67 bits per heavy atom. The second kappa shape index (κ2) is 11.3. The van der Waals surface area contributed by atoms with Gasteiger partial charge >= 0.3 is 5.97 Å². The van der Waals surface area contributed by atoms with Crippen molar-refractivity contribution >= 4 is 63.6 Å². The Morgan fingerprint density at radius 3 is 2.33 bits per heavy atom. The number of carbonyl (C=O) groups excluding carboxylic acids is 3. The Bertz CT molecular complexity index is 1320. The highest BCUT2D eigenvalue weighted by Gasteiger charge is 2.30. The van der Waals surface area contributed by atoms with Crippen LogP contribution in [0.1, 0.15) is 24.5 Å². The fourth-order valence-electron chi connectivity index (χ4n) is 3.85. The molecule has 0 saturated carbocycles. The molecule has 0 bridgehead atoms. The average Bonchev–Trinajstić information content (AvgIpc) is 2.83. The van der Waals surface area contributed by atoms with Gasteiger partial charge in [0.1, 0.15) is 12.6 Å². The van der Waals surface area contributed by atoms with Crippen LogP contribution < -0.4 is 16.0 Å². The van der Waals surface area contributed by atoms with Crippen molar-refractivity contribution in [1.29, 1.82) is 0 Å². The van der Waals surface area contributed by atoms with Gasteiger partial charge in [0.05, 0.1) is 5.02 Å². The van der Waals surface area contributed by atoms with Gasteiger partial charge < -0.3 is 20.7 Å². The zero-order chi connectivity index (χ0) is 25.7. The second-order valence-corrected chi connectivity index (χ2v) is 9.07. The molecule has 1 aliphatic heterocycles. The van der Waals surface area contributed by atoms with E-state index < -0.39 is 17.9 Å². The zero-order valence-electron chi connectivity index (χ0n) is 19.3. The summed E-state index contributed by atoms with van der Waals surface area (Å²) in [6.07, 6.45) is 1.61. The van der Waals surface area contributed by atoms with Gasteiger partial charge in [-0.3, -0.25) is 9.59 Å². The van der Waals surface area contributed by atoms with Gasteiger partial charge in [0.25, 0.3) is 0 Å². The monoisotopic (exact) mass is 523 g/mol. The predicted octanol–water partition coefficient (Wildman–Crippen LogP) is 5.90. The summed E-state index contributed by atoms with van der Waals surface area (Å²) in [4.78, 5) is 36.9.